The van der Waals surface area contributed by atoms with E-state index in [0.717, 1.165) is 5.56 Å². The van der Waals surface area contributed by atoms with E-state index in [-0.39, 0.29) is 24.9 Å². The molecule has 0 radical (unpaired) electrons. The summed E-state index contributed by atoms with van der Waals surface area (Å²) in [4.78, 5) is 14.3. The number of hydrogen-bond donors (Lipinski definition) is 1. The number of ether oxygens (including phenoxy) is 1. The van der Waals surface area contributed by atoms with Gasteiger partial charge in [-0.25, -0.2) is 4.39 Å². The first-order valence-electron chi connectivity index (χ1n) is 7.95. The number of aliphatic hydroxyl groups is 1. The predicted molar refractivity (Wildman–Crippen MR) is 88.2 cm³/mol. The highest BCUT2D eigenvalue weighted by molar-refractivity contribution is 5.94. The number of aliphatic hydroxyl groups excluding tert-OH is 1. The Bertz CT molecular complexity index is 707. The molecule has 1 heterocycles. The molecule has 1 fully saturated rings. The van der Waals surface area contributed by atoms with Crippen molar-refractivity contribution in [3.8, 4) is 0 Å². The second kappa shape index (κ2) is 7.11. The first kappa shape index (κ1) is 16.6. The van der Waals surface area contributed by atoms with Crippen molar-refractivity contribution in [1.82, 2.24) is 4.90 Å². The van der Waals surface area contributed by atoms with Gasteiger partial charge in [-0.3, -0.25) is 4.79 Å². The van der Waals surface area contributed by atoms with Crippen molar-refractivity contribution in [1.29, 1.82) is 0 Å². The zero-order valence-corrected chi connectivity index (χ0v) is 13.3. The molecule has 4 nitrogen and oxygen atoms in total. The van der Waals surface area contributed by atoms with E-state index in [4.69, 9.17) is 4.74 Å². The van der Waals surface area contributed by atoms with Crippen LogP contribution >= 0.6 is 0 Å². The number of hydrogen-bond acceptors (Lipinski definition) is 3. The third-order valence-electron chi connectivity index (χ3n) is 4.26. The fraction of sp³-hybridized carbons (Fsp3) is 0.316. The normalized spacial score (nSPS) is 20.8. The highest BCUT2D eigenvalue weighted by atomic mass is 19.1. The summed E-state index contributed by atoms with van der Waals surface area (Å²) in [7, 11) is 0. The van der Waals surface area contributed by atoms with Gasteiger partial charge in [-0.15, -0.1) is 0 Å². The molecule has 5 heteroatoms. The second-order valence-electron chi connectivity index (χ2n) is 6.09. The van der Waals surface area contributed by atoms with E-state index in [1.165, 1.54) is 12.1 Å². The van der Waals surface area contributed by atoms with Gasteiger partial charge < -0.3 is 14.7 Å². The van der Waals surface area contributed by atoms with Gasteiger partial charge >= 0.3 is 0 Å². The highest BCUT2D eigenvalue weighted by Gasteiger charge is 2.38. The molecule has 1 unspecified atom stereocenters. The molecule has 1 aliphatic heterocycles. The summed E-state index contributed by atoms with van der Waals surface area (Å²) in [5.74, 6) is -0.412. The molecule has 0 aliphatic carbocycles. The molecule has 126 valence electrons. The van der Waals surface area contributed by atoms with Crippen molar-refractivity contribution in [2.24, 2.45) is 0 Å². The van der Waals surface area contributed by atoms with E-state index >= 15 is 0 Å². The number of rotatable bonds is 4. The van der Waals surface area contributed by atoms with Crippen molar-refractivity contribution >= 4 is 5.91 Å². The molecule has 2 aromatic rings. The summed E-state index contributed by atoms with van der Waals surface area (Å²) < 4.78 is 19.2. The van der Waals surface area contributed by atoms with Crippen LogP contribution in [-0.2, 0) is 11.2 Å². The minimum absolute atomic E-state index is 0.0871. The van der Waals surface area contributed by atoms with Gasteiger partial charge in [-0.05, 0) is 29.8 Å². The molecule has 1 atom stereocenters. The molecule has 0 spiro atoms. The van der Waals surface area contributed by atoms with Gasteiger partial charge in [0.1, 0.15) is 11.4 Å². The van der Waals surface area contributed by atoms with Crippen LogP contribution in [0.2, 0.25) is 0 Å². The molecule has 1 amide bonds. The van der Waals surface area contributed by atoms with Crippen molar-refractivity contribution in [3.63, 3.8) is 0 Å². The summed E-state index contributed by atoms with van der Waals surface area (Å²) in [6, 6.07) is 15.3. The number of morpholine rings is 1. The average Bonchev–Trinajstić information content (AvgIpc) is 2.62. The zero-order chi connectivity index (χ0) is 17.0. The van der Waals surface area contributed by atoms with Gasteiger partial charge in [0.15, 0.2) is 0 Å². The van der Waals surface area contributed by atoms with Crippen LogP contribution in [0.3, 0.4) is 0 Å². The lowest BCUT2D eigenvalue weighted by molar-refractivity contribution is -0.123. The number of carbonyl (C=O) groups excluding carboxylic acids is 1. The molecular formula is C19H20FNO3. The fourth-order valence-corrected chi connectivity index (χ4v) is 3.06. The summed E-state index contributed by atoms with van der Waals surface area (Å²) in [6.45, 7) is 0.850. The maximum atomic E-state index is 13.4. The maximum Gasteiger partial charge on any atom is 0.254 e. The van der Waals surface area contributed by atoms with Gasteiger partial charge in [0.2, 0.25) is 0 Å². The molecule has 1 saturated heterocycles. The zero-order valence-electron chi connectivity index (χ0n) is 13.3. The molecule has 24 heavy (non-hydrogen) atoms. The van der Waals surface area contributed by atoms with Crippen LogP contribution in [-0.4, -0.2) is 47.8 Å². The van der Waals surface area contributed by atoms with Crippen molar-refractivity contribution in [3.05, 3.63) is 71.5 Å². The van der Waals surface area contributed by atoms with E-state index in [2.05, 4.69) is 0 Å². The van der Waals surface area contributed by atoms with Crippen LogP contribution in [0.4, 0.5) is 4.39 Å². The number of carbonyl (C=O) groups is 1. The summed E-state index contributed by atoms with van der Waals surface area (Å²) in [6.07, 6.45) is 0.347. The minimum atomic E-state index is -0.906. The summed E-state index contributed by atoms with van der Waals surface area (Å²) in [5, 5.41) is 9.89. The lowest BCUT2D eigenvalue weighted by Gasteiger charge is -2.42. The van der Waals surface area contributed by atoms with Gasteiger partial charge in [-0.1, -0.05) is 30.3 Å². The van der Waals surface area contributed by atoms with Crippen LogP contribution in [0, 0.1) is 5.82 Å². The van der Waals surface area contributed by atoms with Crippen LogP contribution in [0.1, 0.15) is 15.9 Å². The molecule has 1 N–H and O–H groups in total. The molecule has 1 aliphatic rings. The van der Waals surface area contributed by atoms with Crippen LogP contribution < -0.4 is 0 Å². The third kappa shape index (κ3) is 3.63. The minimum Gasteiger partial charge on any atom is -0.393 e. The van der Waals surface area contributed by atoms with Crippen LogP contribution in [0.5, 0.6) is 0 Å². The number of nitrogens with zero attached hydrogens (tertiary/aromatic N) is 1. The summed E-state index contributed by atoms with van der Waals surface area (Å²) in [5.41, 5.74) is 0.436. The summed E-state index contributed by atoms with van der Waals surface area (Å²) >= 11 is 0. The lowest BCUT2D eigenvalue weighted by Crippen LogP contribution is -2.56. The Kier molecular flexibility index (Phi) is 4.92. The Morgan fingerprint density at radius 2 is 2.00 bits per heavy atom. The first-order chi connectivity index (χ1) is 11.6. The Balaban J connectivity index is 1.78. The first-order valence-corrected chi connectivity index (χ1v) is 7.95. The molecule has 0 saturated carbocycles. The van der Waals surface area contributed by atoms with Gasteiger partial charge in [0, 0.05) is 18.5 Å². The van der Waals surface area contributed by atoms with E-state index in [0.29, 0.717) is 25.1 Å². The van der Waals surface area contributed by atoms with E-state index in [1.807, 2.05) is 18.2 Å². The van der Waals surface area contributed by atoms with Crippen LogP contribution in [0.15, 0.2) is 54.6 Å². The number of benzene rings is 2. The van der Waals surface area contributed by atoms with E-state index in [1.54, 1.807) is 29.2 Å². The Hall–Kier alpha value is -2.24. The lowest BCUT2D eigenvalue weighted by atomic mass is 9.92. The second-order valence-corrected chi connectivity index (χ2v) is 6.09. The highest BCUT2D eigenvalue weighted by Crippen LogP contribution is 2.24. The van der Waals surface area contributed by atoms with Crippen molar-refractivity contribution < 1.29 is 19.0 Å². The third-order valence-corrected chi connectivity index (χ3v) is 4.26. The smallest absolute Gasteiger partial charge is 0.254 e. The quantitative estimate of drug-likeness (QED) is 0.936. The fourth-order valence-electron chi connectivity index (χ4n) is 3.06. The van der Waals surface area contributed by atoms with Gasteiger partial charge in [-0.2, -0.15) is 0 Å². The molecule has 2 aromatic carbocycles. The SMILES string of the molecule is O=C(c1ccccc1)N1CCOC(CO)(Cc2cccc(F)c2)C1. The number of halogens is 1. The van der Waals surface area contributed by atoms with Gasteiger partial charge in [0.25, 0.3) is 5.91 Å². The topological polar surface area (TPSA) is 49.8 Å². The van der Waals surface area contributed by atoms with E-state index in [9.17, 15) is 14.3 Å². The average molecular weight is 329 g/mol. The molecule has 0 aromatic heterocycles. The van der Waals surface area contributed by atoms with Crippen molar-refractivity contribution in [2.45, 2.75) is 12.0 Å². The van der Waals surface area contributed by atoms with Crippen LogP contribution in [0.25, 0.3) is 0 Å². The van der Waals surface area contributed by atoms with Gasteiger partial charge in [0.05, 0.1) is 19.8 Å². The standard InChI is InChI=1S/C19H20FNO3/c20-17-8-4-5-15(11-17)12-19(14-22)13-21(9-10-24-19)18(23)16-6-2-1-3-7-16/h1-8,11,22H,9-10,12-14H2. The van der Waals surface area contributed by atoms with Crippen molar-refractivity contribution in [2.75, 3.05) is 26.3 Å². The Labute approximate surface area is 140 Å². The predicted octanol–water partition coefficient (Wildman–Crippen LogP) is 2.27. The monoisotopic (exact) mass is 329 g/mol. The number of amides is 1. The Morgan fingerprint density at radius 3 is 2.71 bits per heavy atom. The Morgan fingerprint density at radius 1 is 1.21 bits per heavy atom. The maximum absolute atomic E-state index is 13.4. The molecule has 0 bridgehead atoms. The van der Waals surface area contributed by atoms with E-state index < -0.39 is 5.60 Å². The molecular weight excluding hydrogens is 309 g/mol. The largest absolute Gasteiger partial charge is 0.393 e. The molecule has 3 rings (SSSR count).